The lowest BCUT2D eigenvalue weighted by Crippen LogP contribution is -2.40. The molecule has 0 N–H and O–H groups in total. The van der Waals surface area contributed by atoms with Crippen molar-refractivity contribution in [2.24, 2.45) is 4.99 Å². The first-order valence-corrected chi connectivity index (χ1v) is 15.2. The summed E-state index contributed by atoms with van der Waals surface area (Å²) < 4.78 is 13.3. The summed E-state index contributed by atoms with van der Waals surface area (Å²) in [5, 5.41) is 4.29. The third-order valence-corrected chi connectivity index (χ3v) is 8.85. The molecule has 0 saturated heterocycles. The van der Waals surface area contributed by atoms with Crippen LogP contribution in [0.5, 0.6) is 5.75 Å². The Morgan fingerprint density at radius 3 is 2.25 bits per heavy atom. The lowest BCUT2D eigenvalue weighted by Gasteiger charge is -2.26. The highest BCUT2D eigenvalue weighted by Gasteiger charge is 2.35. The Balaban J connectivity index is 1.56. The summed E-state index contributed by atoms with van der Waals surface area (Å²) in [6.45, 7) is 1.96. The highest BCUT2D eigenvalue weighted by atomic mass is 32.1. The highest BCUT2D eigenvalue weighted by molar-refractivity contribution is 7.07. The van der Waals surface area contributed by atoms with Gasteiger partial charge in [-0.2, -0.15) is 0 Å². The number of benzene rings is 5. The minimum atomic E-state index is -0.776. The van der Waals surface area contributed by atoms with E-state index < -0.39 is 12.0 Å². The molecular formula is C37H28N2O4S. The monoisotopic (exact) mass is 596 g/mol. The number of aromatic nitrogens is 1. The van der Waals surface area contributed by atoms with Crippen LogP contribution in [-0.4, -0.2) is 24.3 Å². The maximum absolute atomic E-state index is 14.5. The molecule has 7 rings (SSSR count). The molecule has 2 heterocycles. The van der Waals surface area contributed by atoms with Crippen LogP contribution in [-0.2, 0) is 9.53 Å². The predicted molar refractivity (Wildman–Crippen MR) is 176 cm³/mol. The summed E-state index contributed by atoms with van der Waals surface area (Å²) >= 11 is 1.32. The number of carbonyl (C=O) groups is 1. The Morgan fingerprint density at radius 2 is 1.57 bits per heavy atom. The van der Waals surface area contributed by atoms with Crippen molar-refractivity contribution in [3.8, 4) is 5.75 Å². The van der Waals surface area contributed by atoms with Gasteiger partial charge in [-0.25, -0.2) is 9.79 Å². The number of fused-ring (bicyclic) bond motifs is 3. The molecule has 0 unspecified atom stereocenters. The fourth-order valence-corrected chi connectivity index (χ4v) is 6.89. The SMILES string of the molecule is CCOC(=O)C1=C(c2ccccc2)N=c2s/c(=C\c3c4ccccc4cc4ccccc34)c(=O)n2[C@H]1c1cccc(OC)c1. The van der Waals surface area contributed by atoms with Crippen molar-refractivity contribution in [1.82, 2.24) is 4.57 Å². The molecule has 0 saturated carbocycles. The summed E-state index contributed by atoms with van der Waals surface area (Å²) in [4.78, 5) is 33.7. The normalized spacial score (nSPS) is 14.9. The van der Waals surface area contributed by atoms with Gasteiger partial charge in [0, 0.05) is 5.56 Å². The van der Waals surface area contributed by atoms with Crippen LogP contribution >= 0.6 is 11.3 Å². The van der Waals surface area contributed by atoms with Gasteiger partial charge in [-0.3, -0.25) is 9.36 Å². The van der Waals surface area contributed by atoms with Crippen molar-refractivity contribution >= 4 is 50.6 Å². The standard InChI is InChI=1S/C37H28N2O4S/c1-3-43-36(41)32-33(23-12-5-4-6-13-23)38-37-39(34(32)26-16-11-17-27(21-26)42-2)35(40)31(44-37)22-30-28-18-9-7-14-24(28)20-25-15-8-10-19-29(25)30/h4-22,34H,3H2,1-2H3/b31-22-/t34-/m0/s1. The number of thiazole rings is 1. The van der Waals surface area contributed by atoms with Crippen LogP contribution in [0.2, 0.25) is 0 Å². The molecule has 1 aliphatic heterocycles. The first-order valence-electron chi connectivity index (χ1n) is 14.4. The lowest BCUT2D eigenvalue weighted by molar-refractivity contribution is -0.138. The van der Waals surface area contributed by atoms with E-state index in [0.29, 0.717) is 26.4 Å². The number of nitrogens with zero attached hydrogens (tertiary/aromatic N) is 2. The molecule has 0 fully saturated rings. The molecule has 0 radical (unpaired) electrons. The molecule has 1 atom stereocenters. The first-order chi connectivity index (χ1) is 21.6. The Labute approximate surface area is 257 Å². The van der Waals surface area contributed by atoms with E-state index in [9.17, 15) is 9.59 Å². The Hall–Kier alpha value is -5.27. The van der Waals surface area contributed by atoms with Crippen LogP contribution in [0.15, 0.2) is 125 Å². The van der Waals surface area contributed by atoms with E-state index in [0.717, 1.165) is 38.2 Å². The number of hydrogen-bond acceptors (Lipinski definition) is 6. The van der Waals surface area contributed by atoms with Crippen molar-refractivity contribution in [2.45, 2.75) is 13.0 Å². The van der Waals surface area contributed by atoms with E-state index >= 15 is 0 Å². The topological polar surface area (TPSA) is 69.9 Å². The van der Waals surface area contributed by atoms with E-state index in [-0.39, 0.29) is 12.2 Å². The average molecular weight is 597 g/mol. The highest BCUT2D eigenvalue weighted by Crippen LogP contribution is 2.36. The quantitative estimate of drug-likeness (QED) is 0.168. The Morgan fingerprint density at radius 1 is 0.886 bits per heavy atom. The summed E-state index contributed by atoms with van der Waals surface area (Å²) in [5.74, 6) is 0.102. The molecule has 216 valence electrons. The number of rotatable bonds is 6. The Kier molecular flexibility index (Phi) is 7.16. The fourth-order valence-electron chi connectivity index (χ4n) is 5.90. The third-order valence-electron chi connectivity index (χ3n) is 7.87. The van der Waals surface area contributed by atoms with Gasteiger partial charge in [-0.1, -0.05) is 102 Å². The zero-order valence-corrected chi connectivity index (χ0v) is 25.0. The van der Waals surface area contributed by atoms with Gasteiger partial charge in [0.05, 0.1) is 35.6 Å². The van der Waals surface area contributed by atoms with Crippen molar-refractivity contribution < 1.29 is 14.3 Å². The molecule has 7 heteroatoms. The van der Waals surface area contributed by atoms with Crippen molar-refractivity contribution in [3.63, 3.8) is 0 Å². The maximum atomic E-state index is 14.5. The van der Waals surface area contributed by atoms with Crippen molar-refractivity contribution in [1.29, 1.82) is 0 Å². The van der Waals surface area contributed by atoms with Crippen molar-refractivity contribution in [2.75, 3.05) is 13.7 Å². The number of carbonyl (C=O) groups excluding carboxylic acids is 1. The van der Waals surface area contributed by atoms with Gasteiger partial charge in [0.1, 0.15) is 5.75 Å². The second-order valence-electron chi connectivity index (χ2n) is 10.4. The second kappa shape index (κ2) is 11.4. The van der Waals surface area contributed by atoms with Gasteiger partial charge in [0.2, 0.25) is 0 Å². The van der Waals surface area contributed by atoms with Crippen molar-refractivity contribution in [3.05, 3.63) is 151 Å². The molecule has 6 nitrogen and oxygen atoms in total. The smallest absolute Gasteiger partial charge is 0.338 e. The predicted octanol–water partition coefficient (Wildman–Crippen LogP) is 6.25. The van der Waals surface area contributed by atoms with Crippen LogP contribution in [0.25, 0.3) is 33.3 Å². The largest absolute Gasteiger partial charge is 0.497 e. The van der Waals surface area contributed by atoms with Crippen LogP contribution < -0.4 is 19.6 Å². The summed E-state index contributed by atoms with van der Waals surface area (Å²) in [6.07, 6.45) is 1.97. The minimum absolute atomic E-state index is 0.188. The van der Waals surface area contributed by atoms with E-state index in [4.69, 9.17) is 14.5 Å². The summed E-state index contributed by atoms with van der Waals surface area (Å²) in [6, 6.07) is 34.8. The second-order valence-corrected chi connectivity index (χ2v) is 11.4. The lowest BCUT2D eigenvalue weighted by atomic mass is 9.93. The van der Waals surface area contributed by atoms with E-state index in [1.54, 1.807) is 18.6 Å². The first kappa shape index (κ1) is 27.6. The molecule has 0 bridgehead atoms. The minimum Gasteiger partial charge on any atom is -0.497 e. The fraction of sp³-hybridized carbons (Fsp3) is 0.108. The van der Waals surface area contributed by atoms with E-state index in [1.165, 1.54) is 11.3 Å². The van der Waals surface area contributed by atoms with Gasteiger partial charge < -0.3 is 9.47 Å². The number of hydrogen-bond donors (Lipinski definition) is 0. The number of ether oxygens (including phenoxy) is 2. The summed E-state index contributed by atoms with van der Waals surface area (Å²) in [7, 11) is 1.59. The van der Waals surface area contributed by atoms with Gasteiger partial charge in [-0.15, -0.1) is 0 Å². The van der Waals surface area contributed by atoms with Crippen LogP contribution in [0.1, 0.15) is 29.7 Å². The molecular weight excluding hydrogens is 568 g/mol. The molecule has 1 aliphatic rings. The van der Waals surface area contributed by atoms with E-state index in [1.807, 2.05) is 84.9 Å². The molecule has 1 aromatic heterocycles. The number of esters is 1. The molecule has 0 amide bonds. The van der Waals surface area contributed by atoms with Crippen LogP contribution in [0.3, 0.4) is 0 Å². The zero-order valence-electron chi connectivity index (χ0n) is 24.2. The summed E-state index contributed by atoms with van der Waals surface area (Å²) in [5.41, 5.74) is 3.02. The van der Waals surface area contributed by atoms with Gasteiger partial charge >= 0.3 is 5.97 Å². The van der Waals surface area contributed by atoms with Crippen LogP contribution in [0, 0.1) is 0 Å². The molecule has 0 spiro atoms. The maximum Gasteiger partial charge on any atom is 0.338 e. The van der Waals surface area contributed by atoms with Gasteiger partial charge in [-0.05, 0) is 63.9 Å². The Bertz CT molecular complexity index is 2230. The third kappa shape index (κ3) is 4.71. The number of methoxy groups -OCH3 is 1. The molecule has 6 aromatic rings. The average Bonchev–Trinajstić information content (AvgIpc) is 3.38. The zero-order chi connectivity index (χ0) is 30.2. The molecule has 44 heavy (non-hydrogen) atoms. The van der Waals surface area contributed by atoms with Gasteiger partial charge in [0.15, 0.2) is 4.80 Å². The molecule has 0 aliphatic carbocycles. The van der Waals surface area contributed by atoms with E-state index in [2.05, 4.69) is 30.3 Å². The molecule has 5 aromatic carbocycles. The van der Waals surface area contributed by atoms with Gasteiger partial charge in [0.25, 0.3) is 5.56 Å². The van der Waals surface area contributed by atoms with Crippen LogP contribution in [0.4, 0.5) is 0 Å².